The van der Waals surface area contributed by atoms with Gasteiger partial charge in [0.1, 0.15) is 11.3 Å². The number of piperidine rings is 1. The van der Waals surface area contributed by atoms with Crippen molar-refractivity contribution >= 4 is 17.3 Å². The lowest BCUT2D eigenvalue weighted by atomic mass is 10.1. The van der Waals surface area contributed by atoms with Crippen LogP contribution in [0, 0.1) is 13.8 Å². The summed E-state index contributed by atoms with van der Waals surface area (Å²) in [6, 6.07) is 7.92. The van der Waals surface area contributed by atoms with E-state index in [9.17, 15) is 4.79 Å². The largest absolute Gasteiger partial charge is 0.381 e. The van der Waals surface area contributed by atoms with Crippen molar-refractivity contribution in [2.75, 3.05) is 30.4 Å². The summed E-state index contributed by atoms with van der Waals surface area (Å²) in [5.74, 6) is 0.336. The minimum Gasteiger partial charge on any atom is -0.381 e. The molecule has 6 nitrogen and oxygen atoms in total. The molecule has 2 aromatic rings. The zero-order valence-electron chi connectivity index (χ0n) is 14.3. The third-order valence-electron chi connectivity index (χ3n) is 4.53. The molecule has 0 unspecified atom stereocenters. The summed E-state index contributed by atoms with van der Waals surface area (Å²) >= 11 is 0. The van der Waals surface area contributed by atoms with Gasteiger partial charge in [0.05, 0.1) is 11.8 Å². The zero-order chi connectivity index (χ0) is 17.1. The van der Waals surface area contributed by atoms with Crippen LogP contribution >= 0.6 is 0 Å². The fraction of sp³-hybridized carbons (Fsp3) is 0.444. The van der Waals surface area contributed by atoms with E-state index < -0.39 is 0 Å². The van der Waals surface area contributed by atoms with Crippen LogP contribution in [0.5, 0.6) is 0 Å². The molecular weight excluding hydrogens is 306 g/mol. The molecule has 1 aromatic heterocycles. The Hall–Kier alpha value is -2.34. The molecule has 128 valence electrons. The fourth-order valence-corrected chi connectivity index (χ4v) is 3.11. The summed E-state index contributed by atoms with van der Waals surface area (Å²) in [5, 5.41) is 6.71. The molecule has 0 aliphatic carbocycles. The molecule has 0 bridgehead atoms. The maximum atomic E-state index is 12.3. The van der Waals surface area contributed by atoms with Gasteiger partial charge in [-0.2, -0.15) is 0 Å². The van der Waals surface area contributed by atoms with E-state index in [0.29, 0.717) is 23.1 Å². The van der Waals surface area contributed by atoms with Gasteiger partial charge < -0.3 is 19.5 Å². The van der Waals surface area contributed by atoms with E-state index in [1.165, 1.54) is 5.69 Å². The highest BCUT2D eigenvalue weighted by molar-refractivity contribution is 6.05. The van der Waals surface area contributed by atoms with E-state index in [1.54, 1.807) is 21.0 Å². The van der Waals surface area contributed by atoms with Crippen LogP contribution in [0.3, 0.4) is 0 Å². The molecule has 1 aliphatic rings. The third-order valence-corrected chi connectivity index (χ3v) is 4.53. The molecule has 1 amide bonds. The minimum absolute atomic E-state index is 0.195. The average molecular weight is 329 g/mol. The molecule has 6 heteroatoms. The minimum atomic E-state index is -0.195. The van der Waals surface area contributed by atoms with Crippen molar-refractivity contribution in [2.45, 2.75) is 32.8 Å². The van der Waals surface area contributed by atoms with Crippen LogP contribution in [-0.4, -0.2) is 37.4 Å². The second-order valence-electron chi connectivity index (χ2n) is 6.12. The first-order valence-corrected chi connectivity index (χ1v) is 8.20. The maximum Gasteiger partial charge on any atom is 0.261 e. The first-order chi connectivity index (χ1) is 11.6. The van der Waals surface area contributed by atoms with Crippen molar-refractivity contribution in [1.29, 1.82) is 0 Å². The van der Waals surface area contributed by atoms with Crippen molar-refractivity contribution in [3.63, 3.8) is 0 Å². The van der Waals surface area contributed by atoms with Gasteiger partial charge in [0, 0.05) is 31.6 Å². The molecule has 1 aliphatic heterocycles. The number of hydrogen-bond donors (Lipinski definition) is 1. The van der Waals surface area contributed by atoms with Gasteiger partial charge in [-0.05, 0) is 51.0 Å². The molecule has 0 atom stereocenters. The number of nitrogens with zero attached hydrogens (tertiary/aromatic N) is 2. The molecule has 24 heavy (non-hydrogen) atoms. The van der Waals surface area contributed by atoms with Crippen molar-refractivity contribution in [2.24, 2.45) is 0 Å². The lowest BCUT2D eigenvalue weighted by molar-refractivity contribution is 0.0819. The summed E-state index contributed by atoms with van der Waals surface area (Å²) in [4.78, 5) is 14.7. The average Bonchev–Trinajstić information content (AvgIpc) is 2.94. The number of carbonyl (C=O) groups is 1. The second kappa shape index (κ2) is 7.05. The van der Waals surface area contributed by atoms with Gasteiger partial charge in [-0.3, -0.25) is 4.79 Å². The molecular formula is C18H23N3O3. The van der Waals surface area contributed by atoms with Gasteiger partial charge in [0.2, 0.25) is 0 Å². The van der Waals surface area contributed by atoms with Crippen LogP contribution in [0.4, 0.5) is 11.4 Å². The molecule has 0 spiro atoms. The Morgan fingerprint density at radius 1 is 1.25 bits per heavy atom. The Kier molecular flexibility index (Phi) is 4.85. The van der Waals surface area contributed by atoms with Gasteiger partial charge in [-0.15, -0.1) is 0 Å². The fourth-order valence-electron chi connectivity index (χ4n) is 3.11. The van der Waals surface area contributed by atoms with Gasteiger partial charge in [0.15, 0.2) is 0 Å². The first kappa shape index (κ1) is 16.5. The molecule has 0 saturated carbocycles. The van der Waals surface area contributed by atoms with Crippen LogP contribution < -0.4 is 10.2 Å². The number of amides is 1. The van der Waals surface area contributed by atoms with Crippen molar-refractivity contribution in [3.05, 3.63) is 41.3 Å². The van der Waals surface area contributed by atoms with Crippen molar-refractivity contribution < 1.29 is 14.1 Å². The number of carbonyl (C=O) groups excluding carboxylic acids is 1. The highest BCUT2D eigenvalue weighted by Gasteiger charge is 2.20. The van der Waals surface area contributed by atoms with E-state index in [4.69, 9.17) is 9.26 Å². The first-order valence-electron chi connectivity index (χ1n) is 8.20. The predicted molar refractivity (Wildman–Crippen MR) is 92.6 cm³/mol. The summed E-state index contributed by atoms with van der Waals surface area (Å²) in [6.45, 7) is 5.48. The predicted octanol–water partition coefficient (Wildman–Crippen LogP) is 3.16. The van der Waals surface area contributed by atoms with Crippen molar-refractivity contribution in [3.8, 4) is 0 Å². The number of nitrogens with one attached hydrogen (secondary N) is 1. The maximum absolute atomic E-state index is 12.3. The summed E-state index contributed by atoms with van der Waals surface area (Å²) < 4.78 is 10.4. The smallest absolute Gasteiger partial charge is 0.261 e. The van der Waals surface area contributed by atoms with Gasteiger partial charge in [0.25, 0.3) is 5.91 Å². The summed E-state index contributed by atoms with van der Waals surface area (Å²) in [5.41, 5.74) is 3.03. The highest BCUT2D eigenvalue weighted by atomic mass is 16.5. The molecule has 1 saturated heterocycles. The SMILES string of the molecule is COC1CCN(c2ccc(NC(=O)c3c(C)noc3C)cc2)CC1. The number of ether oxygens (including phenoxy) is 1. The quantitative estimate of drug-likeness (QED) is 0.933. The van der Waals surface area contributed by atoms with Gasteiger partial charge in [-0.25, -0.2) is 0 Å². The van der Waals surface area contributed by atoms with Crippen LogP contribution in [0.2, 0.25) is 0 Å². The lowest BCUT2D eigenvalue weighted by Gasteiger charge is -2.33. The number of aryl methyl sites for hydroxylation is 2. The highest BCUT2D eigenvalue weighted by Crippen LogP contribution is 2.23. The molecule has 0 radical (unpaired) electrons. The van der Waals surface area contributed by atoms with Crippen LogP contribution in [0.1, 0.15) is 34.7 Å². The van der Waals surface area contributed by atoms with E-state index in [1.807, 2.05) is 24.3 Å². The number of rotatable bonds is 4. The lowest BCUT2D eigenvalue weighted by Crippen LogP contribution is -2.36. The normalized spacial score (nSPS) is 15.5. The topological polar surface area (TPSA) is 67.6 Å². The zero-order valence-corrected chi connectivity index (χ0v) is 14.3. The Morgan fingerprint density at radius 2 is 1.92 bits per heavy atom. The van der Waals surface area contributed by atoms with Crippen LogP contribution in [-0.2, 0) is 4.74 Å². The molecule has 1 aromatic carbocycles. The van der Waals surface area contributed by atoms with E-state index >= 15 is 0 Å². The van der Waals surface area contributed by atoms with E-state index in [2.05, 4.69) is 15.4 Å². The van der Waals surface area contributed by atoms with Gasteiger partial charge >= 0.3 is 0 Å². The number of benzene rings is 1. The molecule has 1 fully saturated rings. The Balaban J connectivity index is 1.64. The van der Waals surface area contributed by atoms with Crippen LogP contribution in [0.15, 0.2) is 28.8 Å². The number of anilines is 2. The standard InChI is InChI=1S/C18H23N3O3/c1-12-17(13(2)24-20-12)18(22)19-14-4-6-15(7-5-14)21-10-8-16(23-3)9-11-21/h4-7,16H,8-11H2,1-3H3,(H,19,22). The number of aromatic nitrogens is 1. The van der Waals surface area contributed by atoms with Gasteiger partial charge in [-0.1, -0.05) is 5.16 Å². The number of methoxy groups -OCH3 is 1. The molecule has 1 N–H and O–H groups in total. The summed E-state index contributed by atoms with van der Waals surface area (Å²) in [6.07, 6.45) is 2.46. The Bertz CT molecular complexity index is 681. The Labute approximate surface area is 141 Å². The monoisotopic (exact) mass is 329 g/mol. The van der Waals surface area contributed by atoms with Crippen LogP contribution in [0.25, 0.3) is 0 Å². The Morgan fingerprint density at radius 3 is 2.46 bits per heavy atom. The second-order valence-corrected chi connectivity index (χ2v) is 6.12. The van der Waals surface area contributed by atoms with E-state index in [-0.39, 0.29) is 5.91 Å². The molecule has 2 heterocycles. The number of hydrogen-bond acceptors (Lipinski definition) is 5. The molecule has 3 rings (SSSR count). The third kappa shape index (κ3) is 3.43. The van der Waals surface area contributed by atoms with Crippen molar-refractivity contribution in [1.82, 2.24) is 5.16 Å². The summed E-state index contributed by atoms with van der Waals surface area (Å²) in [7, 11) is 1.77. The van der Waals surface area contributed by atoms with E-state index in [0.717, 1.165) is 31.6 Å².